The van der Waals surface area contributed by atoms with Crippen LogP contribution in [-0.2, 0) is 29.5 Å². The van der Waals surface area contributed by atoms with Crippen LogP contribution in [0.15, 0.2) is 36.5 Å². The molecule has 1 N–H and O–H groups in total. The van der Waals surface area contributed by atoms with Crippen molar-refractivity contribution < 1.29 is 14.7 Å². The summed E-state index contributed by atoms with van der Waals surface area (Å²) in [5.74, 6) is -1.42. The smallest absolute Gasteiger partial charge is 0.308 e. The van der Waals surface area contributed by atoms with Crippen molar-refractivity contribution in [2.45, 2.75) is 19.3 Å². The molecule has 1 saturated heterocycles. The summed E-state index contributed by atoms with van der Waals surface area (Å²) in [4.78, 5) is 25.7. The van der Waals surface area contributed by atoms with E-state index in [9.17, 15) is 14.7 Å². The first-order valence-electron chi connectivity index (χ1n) is 8.42. The molecular formula is C18H22N4O3. The molecule has 1 aliphatic rings. The Bertz CT molecular complexity index is 744. The molecule has 0 spiro atoms. The van der Waals surface area contributed by atoms with E-state index in [0.29, 0.717) is 25.8 Å². The van der Waals surface area contributed by atoms with E-state index in [1.807, 2.05) is 30.3 Å². The highest BCUT2D eigenvalue weighted by atomic mass is 16.4. The number of aromatic nitrogens is 3. The molecule has 0 bridgehead atoms. The Morgan fingerprint density at radius 1 is 1.24 bits per heavy atom. The van der Waals surface area contributed by atoms with Gasteiger partial charge in [-0.3, -0.25) is 14.3 Å². The van der Waals surface area contributed by atoms with Gasteiger partial charge >= 0.3 is 5.97 Å². The summed E-state index contributed by atoms with van der Waals surface area (Å²) in [7, 11) is 1.78. The van der Waals surface area contributed by atoms with Gasteiger partial charge in [0.25, 0.3) is 0 Å². The molecule has 0 unspecified atom stereocenters. The molecule has 1 amide bonds. The molecule has 7 heteroatoms. The highest BCUT2D eigenvalue weighted by molar-refractivity contribution is 5.79. The minimum Gasteiger partial charge on any atom is -0.481 e. The zero-order chi connectivity index (χ0) is 17.8. The largest absolute Gasteiger partial charge is 0.481 e. The molecular weight excluding hydrogens is 320 g/mol. The second-order valence-corrected chi connectivity index (χ2v) is 6.58. The summed E-state index contributed by atoms with van der Waals surface area (Å²) in [6.07, 6.45) is 3.30. The van der Waals surface area contributed by atoms with Crippen molar-refractivity contribution in [2.24, 2.45) is 18.9 Å². The third-order valence-electron chi connectivity index (χ3n) is 4.70. The number of aliphatic carboxylic acids is 1. The third-order valence-corrected chi connectivity index (χ3v) is 4.70. The van der Waals surface area contributed by atoms with Gasteiger partial charge in [0.2, 0.25) is 5.91 Å². The average molecular weight is 342 g/mol. The van der Waals surface area contributed by atoms with Crippen LogP contribution in [0.2, 0.25) is 0 Å². The number of hydrogen-bond donors (Lipinski definition) is 1. The van der Waals surface area contributed by atoms with Crippen molar-refractivity contribution in [1.29, 1.82) is 0 Å². The van der Waals surface area contributed by atoms with E-state index in [2.05, 4.69) is 10.3 Å². The zero-order valence-corrected chi connectivity index (χ0v) is 14.2. The molecule has 1 fully saturated rings. The standard InChI is InChI=1S/C18H22N4O3/c1-21-11-15(19-20-21)7-8-17(23)22-10-14(16(12-22)18(24)25)9-13-5-3-2-4-6-13/h2-6,11,14,16H,7-10,12H2,1H3,(H,24,25)/t14-,16-/m1/s1. The van der Waals surface area contributed by atoms with Gasteiger partial charge in [-0.25, -0.2) is 0 Å². The summed E-state index contributed by atoms with van der Waals surface area (Å²) in [6, 6.07) is 9.83. The van der Waals surface area contributed by atoms with Gasteiger partial charge in [-0.2, -0.15) is 0 Å². The van der Waals surface area contributed by atoms with Crippen molar-refractivity contribution in [1.82, 2.24) is 19.9 Å². The van der Waals surface area contributed by atoms with Gasteiger partial charge in [-0.1, -0.05) is 35.5 Å². The number of nitrogens with zero attached hydrogens (tertiary/aromatic N) is 4. The molecule has 2 atom stereocenters. The number of carbonyl (C=O) groups excluding carboxylic acids is 1. The van der Waals surface area contributed by atoms with Crippen molar-refractivity contribution in [3.63, 3.8) is 0 Å². The SMILES string of the molecule is Cn1cc(CCC(=O)N2C[C@@H](Cc3ccccc3)[C@H](C(=O)O)C2)nn1. The molecule has 1 aromatic carbocycles. The Hall–Kier alpha value is -2.70. The van der Waals surface area contributed by atoms with Crippen molar-refractivity contribution in [3.8, 4) is 0 Å². The third kappa shape index (κ3) is 4.23. The minimum atomic E-state index is -0.829. The fourth-order valence-corrected chi connectivity index (χ4v) is 3.38. The lowest BCUT2D eigenvalue weighted by atomic mass is 9.90. The van der Waals surface area contributed by atoms with E-state index >= 15 is 0 Å². The molecule has 0 radical (unpaired) electrons. The molecule has 132 valence electrons. The maximum absolute atomic E-state index is 12.5. The predicted molar refractivity (Wildman–Crippen MR) is 90.7 cm³/mol. The zero-order valence-electron chi connectivity index (χ0n) is 14.2. The van der Waals surface area contributed by atoms with Crippen LogP contribution in [0.4, 0.5) is 0 Å². The van der Waals surface area contributed by atoms with Gasteiger partial charge in [0.1, 0.15) is 0 Å². The van der Waals surface area contributed by atoms with E-state index in [1.54, 1.807) is 22.8 Å². The minimum absolute atomic E-state index is 0.0209. The number of amides is 1. The second-order valence-electron chi connectivity index (χ2n) is 6.58. The maximum atomic E-state index is 12.5. The first kappa shape index (κ1) is 17.1. The van der Waals surface area contributed by atoms with Crippen LogP contribution in [0.5, 0.6) is 0 Å². The summed E-state index contributed by atoms with van der Waals surface area (Å²) in [6.45, 7) is 0.775. The van der Waals surface area contributed by atoms with Crippen LogP contribution in [0.1, 0.15) is 17.7 Å². The van der Waals surface area contributed by atoms with E-state index < -0.39 is 11.9 Å². The summed E-state index contributed by atoms with van der Waals surface area (Å²) < 4.78 is 1.60. The van der Waals surface area contributed by atoms with Gasteiger partial charge in [-0.05, 0) is 17.9 Å². The summed E-state index contributed by atoms with van der Waals surface area (Å²) >= 11 is 0. The molecule has 25 heavy (non-hydrogen) atoms. The van der Waals surface area contributed by atoms with E-state index in [-0.39, 0.29) is 18.4 Å². The number of benzene rings is 1. The van der Waals surface area contributed by atoms with Gasteiger partial charge in [0.15, 0.2) is 0 Å². The topological polar surface area (TPSA) is 88.3 Å². The van der Waals surface area contributed by atoms with E-state index in [4.69, 9.17) is 0 Å². The Morgan fingerprint density at radius 2 is 2.00 bits per heavy atom. The van der Waals surface area contributed by atoms with Crippen molar-refractivity contribution >= 4 is 11.9 Å². The van der Waals surface area contributed by atoms with Crippen molar-refractivity contribution in [2.75, 3.05) is 13.1 Å². The number of carboxylic acid groups (broad SMARTS) is 1. The molecule has 1 aromatic heterocycles. The quantitative estimate of drug-likeness (QED) is 0.851. The number of rotatable bonds is 6. The Kier molecular flexibility index (Phi) is 5.11. The molecule has 2 aromatic rings. The Labute approximate surface area is 146 Å². The molecule has 3 rings (SSSR count). The second kappa shape index (κ2) is 7.46. The first-order chi connectivity index (χ1) is 12.0. The van der Waals surface area contributed by atoms with Gasteiger partial charge in [-0.15, -0.1) is 5.10 Å². The predicted octanol–water partition coefficient (Wildman–Crippen LogP) is 1.15. The van der Waals surface area contributed by atoms with Crippen LogP contribution in [-0.4, -0.2) is 50.0 Å². The lowest BCUT2D eigenvalue weighted by molar-refractivity contribution is -0.142. The van der Waals surface area contributed by atoms with Crippen LogP contribution in [0, 0.1) is 11.8 Å². The Balaban J connectivity index is 1.60. The van der Waals surface area contributed by atoms with Crippen molar-refractivity contribution in [3.05, 3.63) is 47.8 Å². The lowest BCUT2D eigenvalue weighted by Crippen LogP contribution is -2.30. The highest BCUT2D eigenvalue weighted by Gasteiger charge is 2.39. The molecule has 7 nitrogen and oxygen atoms in total. The fraction of sp³-hybridized carbons (Fsp3) is 0.444. The van der Waals surface area contributed by atoms with Gasteiger partial charge in [0.05, 0.1) is 11.6 Å². The molecule has 0 saturated carbocycles. The van der Waals surface area contributed by atoms with Gasteiger partial charge < -0.3 is 10.0 Å². The summed E-state index contributed by atoms with van der Waals surface area (Å²) in [5, 5.41) is 17.3. The molecule has 2 heterocycles. The number of carbonyl (C=O) groups is 2. The monoisotopic (exact) mass is 342 g/mol. The molecule has 1 aliphatic heterocycles. The molecule has 0 aliphatic carbocycles. The van der Waals surface area contributed by atoms with E-state index in [0.717, 1.165) is 11.3 Å². The average Bonchev–Trinajstić information content (AvgIpc) is 3.20. The number of hydrogen-bond acceptors (Lipinski definition) is 4. The highest BCUT2D eigenvalue weighted by Crippen LogP contribution is 2.28. The maximum Gasteiger partial charge on any atom is 0.308 e. The Morgan fingerprint density at radius 3 is 2.64 bits per heavy atom. The lowest BCUT2D eigenvalue weighted by Gasteiger charge is -2.16. The normalized spacial score (nSPS) is 20.0. The van der Waals surface area contributed by atoms with Crippen LogP contribution in [0.3, 0.4) is 0 Å². The van der Waals surface area contributed by atoms with Crippen LogP contribution < -0.4 is 0 Å². The number of likely N-dealkylation sites (tertiary alicyclic amines) is 1. The first-order valence-corrected chi connectivity index (χ1v) is 8.42. The van der Waals surface area contributed by atoms with Crippen LogP contribution >= 0.6 is 0 Å². The van der Waals surface area contributed by atoms with Crippen LogP contribution in [0.25, 0.3) is 0 Å². The fourth-order valence-electron chi connectivity index (χ4n) is 3.38. The summed E-state index contributed by atoms with van der Waals surface area (Å²) in [5.41, 5.74) is 1.87. The number of carboxylic acids is 1. The number of aryl methyl sites for hydroxylation is 2. The van der Waals surface area contributed by atoms with Gasteiger partial charge in [0, 0.05) is 39.2 Å². The van der Waals surface area contributed by atoms with E-state index in [1.165, 1.54) is 0 Å².